The molecule has 6 nitrogen and oxygen atoms in total. The molecule has 1 heterocycles. The van der Waals surface area contributed by atoms with Gasteiger partial charge in [0, 0.05) is 26.1 Å². The predicted octanol–water partition coefficient (Wildman–Crippen LogP) is -1.86. The lowest BCUT2D eigenvalue weighted by atomic mass is 10.0. The van der Waals surface area contributed by atoms with Crippen molar-refractivity contribution in [3.05, 3.63) is 0 Å². The third-order valence-corrected chi connectivity index (χ3v) is 2.22. The molecule has 0 radical (unpaired) electrons. The standard InChI is InChI=1S/C8H16N2O4/c9-6(7(11)12)3-10-4-8(13)1-2-14-5-8/h6,10,13H,1-5,9H2,(H,11,12). The molecule has 1 fully saturated rings. The molecule has 1 aliphatic heterocycles. The maximum Gasteiger partial charge on any atom is 0.321 e. The van der Waals surface area contributed by atoms with Gasteiger partial charge in [0.25, 0.3) is 0 Å². The first-order valence-electron chi connectivity index (χ1n) is 4.53. The molecule has 0 aromatic carbocycles. The third kappa shape index (κ3) is 3.22. The molecule has 0 aromatic heterocycles. The average Bonchev–Trinajstić information content (AvgIpc) is 2.52. The van der Waals surface area contributed by atoms with Gasteiger partial charge < -0.3 is 26.0 Å². The Labute approximate surface area is 82.0 Å². The summed E-state index contributed by atoms with van der Waals surface area (Å²) in [5, 5.41) is 21.1. The molecule has 0 aliphatic carbocycles. The quantitative estimate of drug-likeness (QED) is 0.418. The normalized spacial score (nSPS) is 29.0. The second kappa shape index (κ2) is 4.70. The van der Waals surface area contributed by atoms with E-state index in [1.54, 1.807) is 0 Å². The lowest BCUT2D eigenvalue weighted by molar-refractivity contribution is -0.138. The maximum atomic E-state index is 10.4. The third-order valence-electron chi connectivity index (χ3n) is 2.22. The molecule has 82 valence electrons. The van der Waals surface area contributed by atoms with Gasteiger partial charge >= 0.3 is 5.97 Å². The van der Waals surface area contributed by atoms with Crippen LogP contribution in [0.2, 0.25) is 0 Å². The SMILES string of the molecule is NC(CNCC1(O)CCOC1)C(=O)O. The highest BCUT2D eigenvalue weighted by Crippen LogP contribution is 2.16. The molecule has 14 heavy (non-hydrogen) atoms. The molecular formula is C8H16N2O4. The number of ether oxygens (including phenoxy) is 1. The summed E-state index contributed by atoms with van der Waals surface area (Å²) in [4.78, 5) is 10.4. The summed E-state index contributed by atoms with van der Waals surface area (Å²) >= 11 is 0. The van der Waals surface area contributed by atoms with Crippen molar-refractivity contribution in [3.63, 3.8) is 0 Å². The summed E-state index contributed by atoms with van der Waals surface area (Å²) in [6.45, 7) is 1.30. The second-order valence-electron chi connectivity index (χ2n) is 3.60. The Morgan fingerprint density at radius 3 is 2.93 bits per heavy atom. The summed E-state index contributed by atoms with van der Waals surface area (Å²) < 4.78 is 5.03. The first kappa shape index (κ1) is 11.4. The average molecular weight is 204 g/mol. The number of carboxylic acids is 1. The van der Waals surface area contributed by atoms with Gasteiger partial charge in [-0.25, -0.2) is 0 Å². The van der Waals surface area contributed by atoms with Gasteiger partial charge in [-0.3, -0.25) is 4.79 Å². The zero-order valence-electron chi connectivity index (χ0n) is 7.90. The largest absolute Gasteiger partial charge is 0.480 e. The Balaban J connectivity index is 2.17. The Morgan fingerprint density at radius 2 is 2.43 bits per heavy atom. The lowest BCUT2D eigenvalue weighted by Crippen LogP contribution is -2.47. The molecule has 1 rings (SSSR count). The van der Waals surface area contributed by atoms with E-state index in [1.165, 1.54) is 0 Å². The molecule has 1 aliphatic rings. The van der Waals surface area contributed by atoms with Crippen LogP contribution in [-0.2, 0) is 9.53 Å². The molecule has 0 amide bonds. The molecule has 1 saturated heterocycles. The summed E-state index contributed by atoms with van der Waals surface area (Å²) in [7, 11) is 0. The number of hydrogen-bond donors (Lipinski definition) is 4. The van der Waals surface area contributed by atoms with Crippen LogP contribution in [0.5, 0.6) is 0 Å². The van der Waals surface area contributed by atoms with E-state index in [1.807, 2.05) is 0 Å². The molecule has 0 saturated carbocycles. The van der Waals surface area contributed by atoms with Gasteiger partial charge in [0.1, 0.15) is 11.6 Å². The minimum Gasteiger partial charge on any atom is -0.480 e. The van der Waals surface area contributed by atoms with Crippen LogP contribution in [0.15, 0.2) is 0 Å². The van der Waals surface area contributed by atoms with Crippen molar-refractivity contribution < 1.29 is 19.7 Å². The van der Waals surface area contributed by atoms with Crippen molar-refractivity contribution in [1.82, 2.24) is 5.32 Å². The van der Waals surface area contributed by atoms with Crippen LogP contribution in [0.1, 0.15) is 6.42 Å². The maximum absolute atomic E-state index is 10.4. The van der Waals surface area contributed by atoms with Crippen molar-refractivity contribution in [2.75, 3.05) is 26.3 Å². The molecule has 5 N–H and O–H groups in total. The monoisotopic (exact) mass is 204 g/mol. The molecule has 0 spiro atoms. The zero-order valence-corrected chi connectivity index (χ0v) is 7.90. The van der Waals surface area contributed by atoms with Crippen molar-refractivity contribution in [2.45, 2.75) is 18.1 Å². The van der Waals surface area contributed by atoms with Crippen molar-refractivity contribution >= 4 is 5.97 Å². The Hall–Kier alpha value is -0.690. The summed E-state index contributed by atoms with van der Waals surface area (Å²) in [6, 6.07) is -0.930. The van der Waals surface area contributed by atoms with E-state index in [0.29, 0.717) is 26.2 Å². The highest BCUT2D eigenvalue weighted by molar-refractivity contribution is 5.73. The van der Waals surface area contributed by atoms with Crippen molar-refractivity contribution in [3.8, 4) is 0 Å². The Morgan fingerprint density at radius 1 is 1.71 bits per heavy atom. The predicted molar refractivity (Wildman–Crippen MR) is 48.9 cm³/mol. The molecule has 6 heteroatoms. The van der Waals surface area contributed by atoms with Gasteiger partial charge in [-0.15, -0.1) is 0 Å². The van der Waals surface area contributed by atoms with Crippen LogP contribution < -0.4 is 11.1 Å². The number of nitrogens with two attached hydrogens (primary N) is 1. The molecular weight excluding hydrogens is 188 g/mol. The topological polar surface area (TPSA) is 105 Å². The fraction of sp³-hybridized carbons (Fsp3) is 0.875. The van der Waals surface area contributed by atoms with E-state index in [2.05, 4.69) is 5.32 Å². The summed E-state index contributed by atoms with van der Waals surface area (Å²) in [6.07, 6.45) is 0.572. The number of nitrogens with one attached hydrogen (secondary N) is 1. The minimum atomic E-state index is -1.05. The van der Waals surface area contributed by atoms with Gasteiger partial charge in [0.05, 0.1) is 6.61 Å². The van der Waals surface area contributed by atoms with Crippen molar-refractivity contribution in [1.29, 1.82) is 0 Å². The van der Waals surface area contributed by atoms with Crippen LogP contribution in [0.25, 0.3) is 0 Å². The molecule has 2 atom stereocenters. The lowest BCUT2D eigenvalue weighted by Gasteiger charge is -2.21. The summed E-state index contributed by atoms with van der Waals surface area (Å²) in [5.74, 6) is -1.05. The fourth-order valence-corrected chi connectivity index (χ4v) is 1.28. The molecule has 0 aromatic rings. The van der Waals surface area contributed by atoms with Crippen LogP contribution in [0.3, 0.4) is 0 Å². The van der Waals surface area contributed by atoms with Crippen molar-refractivity contribution in [2.24, 2.45) is 5.73 Å². The van der Waals surface area contributed by atoms with E-state index < -0.39 is 17.6 Å². The van der Waals surface area contributed by atoms with Crippen LogP contribution in [0, 0.1) is 0 Å². The zero-order chi connectivity index (χ0) is 10.6. The number of carboxylic acid groups (broad SMARTS) is 1. The highest BCUT2D eigenvalue weighted by atomic mass is 16.5. The highest BCUT2D eigenvalue weighted by Gasteiger charge is 2.31. The van der Waals surface area contributed by atoms with Gasteiger partial charge in [0.15, 0.2) is 0 Å². The molecule has 0 bridgehead atoms. The first-order valence-corrected chi connectivity index (χ1v) is 4.53. The first-order chi connectivity index (χ1) is 6.53. The second-order valence-corrected chi connectivity index (χ2v) is 3.60. The number of hydrogen-bond acceptors (Lipinski definition) is 5. The van der Waals surface area contributed by atoms with Crippen LogP contribution in [0.4, 0.5) is 0 Å². The summed E-state index contributed by atoms with van der Waals surface area (Å²) in [5.41, 5.74) is 4.41. The number of aliphatic carboxylic acids is 1. The number of rotatable bonds is 5. The van der Waals surface area contributed by atoms with E-state index in [0.717, 1.165) is 0 Å². The molecule has 2 unspecified atom stereocenters. The Bertz CT molecular complexity index is 204. The van der Waals surface area contributed by atoms with Crippen LogP contribution >= 0.6 is 0 Å². The van der Waals surface area contributed by atoms with Gasteiger partial charge in [-0.1, -0.05) is 0 Å². The van der Waals surface area contributed by atoms with E-state index >= 15 is 0 Å². The number of aliphatic hydroxyl groups is 1. The number of carbonyl (C=O) groups is 1. The Kier molecular flexibility index (Phi) is 3.82. The van der Waals surface area contributed by atoms with Crippen LogP contribution in [-0.4, -0.2) is 54.1 Å². The minimum absolute atomic E-state index is 0.150. The van der Waals surface area contributed by atoms with E-state index in [9.17, 15) is 9.90 Å². The van der Waals surface area contributed by atoms with E-state index in [-0.39, 0.29) is 6.54 Å². The van der Waals surface area contributed by atoms with Gasteiger partial charge in [0.2, 0.25) is 0 Å². The smallest absolute Gasteiger partial charge is 0.321 e. The van der Waals surface area contributed by atoms with Gasteiger partial charge in [-0.05, 0) is 0 Å². The van der Waals surface area contributed by atoms with E-state index in [4.69, 9.17) is 15.6 Å². The van der Waals surface area contributed by atoms with Gasteiger partial charge in [-0.2, -0.15) is 0 Å². The fourth-order valence-electron chi connectivity index (χ4n) is 1.28.